The van der Waals surface area contributed by atoms with Crippen LogP contribution in [0.5, 0.6) is 0 Å². The van der Waals surface area contributed by atoms with E-state index in [2.05, 4.69) is 5.32 Å². The molecule has 3 rings (SSSR count). The molecule has 0 fully saturated rings. The summed E-state index contributed by atoms with van der Waals surface area (Å²) >= 11 is 12.8. The van der Waals surface area contributed by atoms with E-state index in [1.165, 1.54) is 23.1 Å². The first kappa shape index (κ1) is 30.5. The largest absolute Gasteiger partial charge is 0.352 e. The van der Waals surface area contributed by atoms with E-state index < -0.39 is 28.5 Å². The number of nitrogens with one attached hydrogen (secondary N) is 1. The summed E-state index contributed by atoms with van der Waals surface area (Å²) in [6.07, 6.45) is 0.316. The second-order valence-electron chi connectivity index (χ2n) is 9.46. The molecule has 0 aliphatic heterocycles. The smallest absolute Gasteiger partial charge is 0.264 e. The summed E-state index contributed by atoms with van der Waals surface area (Å²) in [5, 5.41) is 3.67. The van der Waals surface area contributed by atoms with Gasteiger partial charge in [-0.1, -0.05) is 72.6 Å². The van der Waals surface area contributed by atoms with Crippen LogP contribution in [-0.4, -0.2) is 43.8 Å². The first-order chi connectivity index (χ1) is 18.4. The van der Waals surface area contributed by atoms with E-state index in [1.54, 1.807) is 68.4 Å². The Hall–Kier alpha value is -3.07. The lowest BCUT2D eigenvalue weighted by Crippen LogP contribution is -2.53. The number of hydrogen-bond acceptors (Lipinski definition) is 4. The van der Waals surface area contributed by atoms with Gasteiger partial charge >= 0.3 is 0 Å². The summed E-state index contributed by atoms with van der Waals surface area (Å²) in [5.41, 5.74) is 1.64. The molecule has 0 aliphatic rings. The Balaban J connectivity index is 2.09. The molecule has 208 valence electrons. The summed E-state index contributed by atoms with van der Waals surface area (Å²) in [6.45, 7) is 6.75. The van der Waals surface area contributed by atoms with E-state index in [-0.39, 0.29) is 29.1 Å². The normalized spacial score (nSPS) is 12.2. The maximum absolute atomic E-state index is 14.0. The van der Waals surface area contributed by atoms with Crippen LogP contribution in [0.15, 0.2) is 77.7 Å². The minimum atomic E-state index is -4.16. The van der Waals surface area contributed by atoms with Gasteiger partial charge in [0.1, 0.15) is 12.6 Å². The Bertz CT molecular complexity index is 1420. The highest BCUT2D eigenvalue weighted by molar-refractivity contribution is 7.92. The number of halogens is 2. The lowest BCUT2D eigenvalue weighted by molar-refractivity contribution is -0.140. The molecular weight excluding hydrogens is 557 g/mol. The maximum Gasteiger partial charge on any atom is 0.264 e. The zero-order valence-corrected chi connectivity index (χ0v) is 24.7. The number of carbonyl (C=O) groups excluding carboxylic acids is 2. The molecule has 0 heterocycles. The van der Waals surface area contributed by atoms with Crippen LogP contribution in [0.2, 0.25) is 10.0 Å². The number of hydrogen-bond donors (Lipinski definition) is 1. The lowest BCUT2D eigenvalue weighted by atomic mass is 10.1. The van der Waals surface area contributed by atoms with Gasteiger partial charge in [0.25, 0.3) is 10.0 Å². The third kappa shape index (κ3) is 7.53. The Kier molecular flexibility index (Phi) is 10.4. The van der Waals surface area contributed by atoms with E-state index >= 15 is 0 Å². The van der Waals surface area contributed by atoms with Crippen molar-refractivity contribution in [3.8, 4) is 0 Å². The summed E-state index contributed by atoms with van der Waals surface area (Å²) in [6, 6.07) is 18.7. The van der Waals surface area contributed by atoms with Gasteiger partial charge in [-0.05, 0) is 68.7 Å². The van der Waals surface area contributed by atoms with Crippen molar-refractivity contribution >= 4 is 50.7 Å². The highest BCUT2D eigenvalue weighted by Gasteiger charge is 2.34. The molecule has 3 aromatic rings. The standard InChI is InChI=1S/C29H33Cl2N3O4S/c1-5-27(29(36)32-20(2)3)33(18-22-11-9-10-14-25(22)30)28(35)19-34(23-16-15-21(4)26(31)17-23)39(37,38)24-12-7-6-8-13-24/h6-17,20,27H,5,18-19H2,1-4H3,(H,32,36)/t27-/m0/s1. The zero-order valence-electron chi connectivity index (χ0n) is 22.4. The Morgan fingerprint density at radius 3 is 2.15 bits per heavy atom. The molecule has 1 atom stereocenters. The van der Waals surface area contributed by atoms with Gasteiger partial charge in [0, 0.05) is 22.6 Å². The van der Waals surface area contributed by atoms with Crippen LogP contribution < -0.4 is 9.62 Å². The molecule has 0 radical (unpaired) electrons. The molecule has 7 nitrogen and oxygen atoms in total. The molecule has 0 unspecified atom stereocenters. The monoisotopic (exact) mass is 589 g/mol. The van der Waals surface area contributed by atoms with Crippen LogP contribution in [0.25, 0.3) is 0 Å². The fourth-order valence-corrected chi connectivity index (χ4v) is 5.89. The summed E-state index contributed by atoms with van der Waals surface area (Å²) < 4.78 is 28.7. The van der Waals surface area contributed by atoms with E-state index in [4.69, 9.17) is 23.2 Å². The number of carbonyl (C=O) groups is 2. The van der Waals surface area contributed by atoms with Crippen LogP contribution in [0, 0.1) is 6.92 Å². The van der Waals surface area contributed by atoms with Gasteiger partial charge in [0.15, 0.2) is 0 Å². The minimum Gasteiger partial charge on any atom is -0.352 e. The van der Waals surface area contributed by atoms with Crippen LogP contribution in [-0.2, 0) is 26.2 Å². The highest BCUT2D eigenvalue weighted by Crippen LogP contribution is 2.29. The van der Waals surface area contributed by atoms with Crippen molar-refractivity contribution in [2.75, 3.05) is 10.8 Å². The second-order valence-corrected chi connectivity index (χ2v) is 12.1. The van der Waals surface area contributed by atoms with Crippen LogP contribution in [0.4, 0.5) is 5.69 Å². The van der Waals surface area contributed by atoms with Crippen molar-refractivity contribution in [1.29, 1.82) is 0 Å². The fourth-order valence-electron chi connectivity index (χ4n) is 4.10. The number of amides is 2. The van der Waals surface area contributed by atoms with Gasteiger partial charge in [-0.15, -0.1) is 0 Å². The minimum absolute atomic E-state index is 0.0242. The van der Waals surface area contributed by atoms with Crippen molar-refractivity contribution < 1.29 is 18.0 Å². The van der Waals surface area contributed by atoms with Gasteiger partial charge < -0.3 is 10.2 Å². The fraction of sp³-hybridized carbons (Fsp3) is 0.310. The number of nitrogens with zero attached hydrogens (tertiary/aromatic N) is 2. The highest BCUT2D eigenvalue weighted by atomic mass is 35.5. The van der Waals surface area contributed by atoms with Gasteiger partial charge in [0.05, 0.1) is 10.6 Å². The predicted octanol–water partition coefficient (Wildman–Crippen LogP) is 5.83. The first-order valence-electron chi connectivity index (χ1n) is 12.6. The molecule has 0 aliphatic carbocycles. The molecule has 3 aromatic carbocycles. The van der Waals surface area contributed by atoms with E-state index in [0.717, 1.165) is 9.87 Å². The van der Waals surface area contributed by atoms with Gasteiger partial charge in [0.2, 0.25) is 11.8 Å². The molecule has 0 spiro atoms. The van der Waals surface area contributed by atoms with E-state index in [1.807, 2.05) is 13.8 Å². The van der Waals surface area contributed by atoms with Crippen molar-refractivity contribution in [2.45, 2.75) is 57.6 Å². The molecule has 1 N–H and O–H groups in total. The number of benzene rings is 3. The van der Waals surface area contributed by atoms with Crippen LogP contribution >= 0.6 is 23.2 Å². The van der Waals surface area contributed by atoms with Crippen LogP contribution in [0.1, 0.15) is 38.3 Å². The molecule has 0 saturated carbocycles. The average molecular weight is 591 g/mol. The second kappa shape index (κ2) is 13.3. The van der Waals surface area contributed by atoms with E-state index in [9.17, 15) is 18.0 Å². The van der Waals surface area contributed by atoms with E-state index in [0.29, 0.717) is 22.0 Å². The molecule has 0 aromatic heterocycles. The van der Waals surface area contributed by atoms with Crippen LogP contribution in [0.3, 0.4) is 0 Å². The Morgan fingerprint density at radius 2 is 1.56 bits per heavy atom. The topological polar surface area (TPSA) is 86.8 Å². The molecular formula is C29H33Cl2N3O4S. The number of aryl methyl sites for hydroxylation is 1. The van der Waals surface area contributed by atoms with Gasteiger partial charge in [-0.2, -0.15) is 0 Å². The van der Waals surface area contributed by atoms with Crippen molar-refractivity contribution in [3.05, 3.63) is 94.0 Å². The third-order valence-electron chi connectivity index (χ3n) is 6.17. The summed E-state index contributed by atoms with van der Waals surface area (Å²) in [7, 11) is -4.16. The number of rotatable bonds is 11. The molecule has 2 amide bonds. The zero-order chi connectivity index (χ0) is 28.7. The molecule has 0 saturated heterocycles. The lowest BCUT2D eigenvalue weighted by Gasteiger charge is -2.33. The third-order valence-corrected chi connectivity index (χ3v) is 8.73. The van der Waals surface area contributed by atoms with Crippen molar-refractivity contribution in [1.82, 2.24) is 10.2 Å². The Morgan fingerprint density at radius 1 is 0.923 bits per heavy atom. The number of sulfonamides is 1. The molecule has 0 bridgehead atoms. The predicted molar refractivity (Wildman–Crippen MR) is 157 cm³/mol. The SMILES string of the molecule is CC[C@@H](C(=O)NC(C)C)N(Cc1ccccc1Cl)C(=O)CN(c1ccc(C)c(Cl)c1)S(=O)(=O)c1ccccc1. The molecule has 10 heteroatoms. The maximum atomic E-state index is 14.0. The van der Waals surface area contributed by atoms with Crippen molar-refractivity contribution in [3.63, 3.8) is 0 Å². The summed E-state index contributed by atoms with van der Waals surface area (Å²) in [5.74, 6) is -0.888. The molecule has 39 heavy (non-hydrogen) atoms. The average Bonchev–Trinajstić information content (AvgIpc) is 2.89. The number of anilines is 1. The Labute approximate surface area is 240 Å². The van der Waals surface area contributed by atoms with Gasteiger partial charge in [-0.3, -0.25) is 13.9 Å². The van der Waals surface area contributed by atoms with Gasteiger partial charge in [-0.25, -0.2) is 8.42 Å². The summed E-state index contributed by atoms with van der Waals surface area (Å²) in [4.78, 5) is 28.6. The quantitative estimate of drug-likeness (QED) is 0.305. The first-order valence-corrected chi connectivity index (χ1v) is 14.8. The van der Waals surface area contributed by atoms with Crippen molar-refractivity contribution in [2.24, 2.45) is 0 Å².